The summed E-state index contributed by atoms with van der Waals surface area (Å²) in [7, 11) is 0. The van der Waals surface area contributed by atoms with E-state index in [4.69, 9.17) is 9.84 Å². The van der Waals surface area contributed by atoms with Crippen LogP contribution in [0.2, 0.25) is 0 Å². The molecule has 1 aromatic carbocycles. The highest BCUT2D eigenvalue weighted by molar-refractivity contribution is 5.68. The Labute approximate surface area is 195 Å². The van der Waals surface area contributed by atoms with Gasteiger partial charge in [-0.05, 0) is 58.7 Å². The molecule has 3 rings (SSSR count). The van der Waals surface area contributed by atoms with E-state index < -0.39 is 17.2 Å². The van der Waals surface area contributed by atoms with Gasteiger partial charge in [0.25, 0.3) is 5.56 Å². The van der Waals surface area contributed by atoms with Crippen molar-refractivity contribution >= 4 is 11.6 Å². The molecule has 0 aliphatic carbocycles. The number of rotatable bonds is 8. The zero-order valence-electron chi connectivity index (χ0n) is 20.4. The Morgan fingerprint density at radius 2 is 1.79 bits per heavy atom. The third kappa shape index (κ3) is 6.44. The number of hydrogen-bond donors (Lipinski definition) is 2. The van der Waals surface area contributed by atoms with Gasteiger partial charge in [-0.1, -0.05) is 37.3 Å². The highest BCUT2D eigenvalue weighted by atomic mass is 16.6. The number of hydrogen-bond acceptors (Lipinski definition) is 5. The van der Waals surface area contributed by atoms with E-state index in [1.165, 1.54) is 0 Å². The van der Waals surface area contributed by atoms with Gasteiger partial charge in [-0.3, -0.25) is 9.36 Å². The standard InChI is InChI=1S/C25H35N5O3/c1-7-19(26-17-25(5,6)27-23(32)33-24(2,3)4)21-28-30-15-11-14-20(30)22(31)29(21)16-18-12-9-8-10-13-18/h8-15,19,26H,7,16-17H2,1-6H3,(H,27,32). The number of nitrogens with zero attached hydrogens (tertiary/aromatic N) is 3. The quantitative estimate of drug-likeness (QED) is 0.540. The minimum atomic E-state index is -0.572. The maximum Gasteiger partial charge on any atom is 0.408 e. The monoisotopic (exact) mass is 453 g/mol. The number of benzene rings is 1. The number of alkyl carbamates (subject to hydrolysis) is 1. The fourth-order valence-electron chi connectivity index (χ4n) is 3.63. The number of nitrogens with one attached hydrogen (secondary N) is 2. The number of amides is 1. The summed E-state index contributed by atoms with van der Waals surface area (Å²) in [6.07, 6.45) is 2.04. The van der Waals surface area contributed by atoms with Crippen LogP contribution in [0.3, 0.4) is 0 Å². The van der Waals surface area contributed by atoms with Crippen LogP contribution in [0.15, 0.2) is 53.5 Å². The van der Waals surface area contributed by atoms with Crippen molar-refractivity contribution in [3.8, 4) is 0 Å². The molecule has 8 nitrogen and oxygen atoms in total. The molecular weight excluding hydrogens is 418 g/mol. The molecule has 0 spiro atoms. The maximum absolute atomic E-state index is 13.3. The average molecular weight is 454 g/mol. The zero-order chi connectivity index (χ0) is 24.2. The van der Waals surface area contributed by atoms with Crippen molar-refractivity contribution < 1.29 is 9.53 Å². The first-order valence-electron chi connectivity index (χ1n) is 11.4. The van der Waals surface area contributed by atoms with E-state index in [0.717, 1.165) is 12.0 Å². The van der Waals surface area contributed by atoms with Gasteiger partial charge < -0.3 is 15.4 Å². The molecule has 0 aliphatic heterocycles. The van der Waals surface area contributed by atoms with Crippen LogP contribution >= 0.6 is 0 Å². The molecule has 1 atom stereocenters. The molecule has 2 heterocycles. The zero-order valence-corrected chi connectivity index (χ0v) is 20.4. The van der Waals surface area contributed by atoms with Crippen LogP contribution < -0.4 is 16.2 Å². The number of aromatic nitrogens is 3. The Bertz CT molecular complexity index is 1140. The molecule has 8 heteroatoms. The lowest BCUT2D eigenvalue weighted by Crippen LogP contribution is -2.52. The Morgan fingerprint density at radius 1 is 1.09 bits per heavy atom. The van der Waals surface area contributed by atoms with Crippen LogP contribution in [-0.2, 0) is 11.3 Å². The Kier molecular flexibility index (Phi) is 7.27. The van der Waals surface area contributed by atoms with Gasteiger partial charge in [-0.2, -0.15) is 5.10 Å². The SMILES string of the molecule is CCC(NCC(C)(C)NC(=O)OC(C)(C)C)c1nn2cccc2c(=O)n1Cc1ccccc1. The predicted octanol–water partition coefficient (Wildman–Crippen LogP) is 3.89. The highest BCUT2D eigenvalue weighted by Gasteiger charge is 2.27. The summed E-state index contributed by atoms with van der Waals surface area (Å²) in [6, 6.07) is 13.3. The van der Waals surface area contributed by atoms with Crippen LogP contribution in [0.5, 0.6) is 0 Å². The molecule has 0 aliphatic rings. The minimum Gasteiger partial charge on any atom is -0.444 e. The van der Waals surface area contributed by atoms with Crippen LogP contribution in [0, 0.1) is 0 Å². The van der Waals surface area contributed by atoms with Crippen LogP contribution in [0.4, 0.5) is 4.79 Å². The van der Waals surface area contributed by atoms with E-state index >= 15 is 0 Å². The summed E-state index contributed by atoms with van der Waals surface area (Å²) < 4.78 is 8.76. The normalized spacial score (nSPS) is 13.2. The Morgan fingerprint density at radius 3 is 2.42 bits per heavy atom. The van der Waals surface area contributed by atoms with Crippen molar-refractivity contribution in [1.29, 1.82) is 0 Å². The second-order valence-corrected chi connectivity index (χ2v) is 9.93. The highest BCUT2D eigenvalue weighted by Crippen LogP contribution is 2.17. The molecule has 33 heavy (non-hydrogen) atoms. The van der Waals surface area contributed by atoms with Gasteiger partial charge in [0, 0.05) is 12.7 Å². The van der Waals surface area contributed by atoms with Gasteiger partial charge in [-0.15, -0.1) is 0 Å². The molecule has 3 aromatic rings. The van der Waals surface area contributed by atoms with Crippen molar-refractivity contribution in [2.45, 2.75) is 71.7 Å². The number of carbonyl (C=O) groups is 1. The van der Waals surface area contributed by atoms with Gasteiger partial charge in [0.05, 0.1) is 18.1 Å². The third-order valence-corrected chi connectivity index (χ3v) is 5.21. The molecule has 0 fully saturated rings. The topological polar surface area (TPSA) is 89.7 Å². The number of ether oxygens (including phenoxy) is 1. The van der Waals surface area contributed by atoms with Gasteiger partial charge >= 0.3 is 6.09 Å². The van der Waals surface area contributed by atoms with E-state index in [-0.39, 0.29) is 11.6 Å². The summed E-state index contributed by atoms with van der Waals surface area (Å²) in [5.74, 6) is 0.656. The van der Waals surface area contributed by atoms with Crippen LogP contribution in [0.25, 0.3) is 5.52 Å². The Balaban J connectivity index is 1.86. The van der Waals surface area contributed by atoms with E-state index in [0.29, 0.717) is 24.4 Å². The van der Waals surface area contributed by atoms with Crippen LogP contribution in [0.1, 0.15) is 65.4 Å². The van der Waals surface area contributed by atoms with E-state index in [1.54, 1.807) is 21.3 Å². The first-order chi connectivity index (χ1) is 15.5. The second kappa shape index (κ2) is 9.79. The lowest BCUT2D eigenvalue weighted by atomic mass is 10.0. The maximum atomic E-state index is 13.3. The molecule has 1 unspecified atom stereocenters. The molecule has 0 bridgehead atoms. The van der Waals surface area contributed by atoms with Crippen molar-refractivity contribution in [3.63, 3.8) is 0 Å². The lowest BCUT2D eigenvalue weighted by molar-refractivity contribution is 0.0470. The number of carbonyl (C=O) groups excluding carboxylic acids is 1. The number of fused-ring (bicyclic) bond motifs is 1. The van der Waals surface area contributed by atoms with Crippen molar-refractivity contribution in [1.82, 2.24) is 24.8 Å². The molecular formula is C25H35N5O3. The Hall–Kier alpha value is -3.13. The molecule has 2 aromatic heterocycles. The van der Waals surface area contributed by atoms with Crippen molar-refractivity contribution in [2.75, 3.05) is 6.54 Å². The van der Waals surface area contributed by atoms with Gasteiger partial charge in [-0.25, -0.2) is 9.31 Å². The summed E-state index contributed by atoms with van der Waals surface area (Å²) in [4.78, 5) is 25.6. The fraction of sp³-hybridized carbons (Fsp3) is 0.480. The fourth-order valence-corrected chi connectivity index (χ4v) is 3.63. The van der Waals surface area contributed by atoms with Crippen molar-refractivity contribution in [2.24, 2.45) is 0 Å². The van der Waals surface area contributed by atoms with Gasteiger partial charge in [0.2, 0.25) is 0 Å². The molecule has 0 saturated heterocycles. The summed E-state index contributed by atoms with van der Waals surface area (Å²) in [5.41, 5.74) is 0.345. The van der Waals surface area contributed by atoms with Gasteiger partial charge in [0.1, 0.15) is 16.9 Å². The summed E-state index contributed by atoms with van der Waals surface area (Å²) in [6.45, 7) is 12.3. The first-order valence-corrected chi connectivity index (χ1v) is 11.4. The molecule has 0 radical (unpaired) electrons. The minimum absolute atomic E-state index is 0.0831. The second-order valence-electron chi connectivity index (χ2n) is 9.93. The first kappa shape index (κ1) is 24.5. The largest absolute Gasteiger partial charge is 0.444 e. The predicted molar refractivity (Wildman–Crippen MR) is 129 cm³/mol. The summed E-state index contributed by atoms with van der Waals surface area (Å²) in [5, 5.41) is 11.2. The van der Waals surface area contributed by atoms with Crippen LogP contribution in [-0.4, -0.2) is 38.0 Å². The molecule has 1 amide bonds. The smallest absolute Gasteiger partial charge is 0.408 e. The average Bonchev–Trinajstić information content (AvgIpc) is 3.18. The third-order valence-electron chi connectivity index (χ3n) is 5.21. The summed E-state index contributed by atoms with van der Waals surface area (Å²) >= 11 is 0. The van der Waals surface area contributed by atoms with E-state index in [2.05, 4.69) is 10.6 Å². The lowest BCUT2D eigenvalue weighted by Gasteiger charge is -2.31. The van der Waals surface area contributed by atoms with E-state index in [1.807, 2.05) is 77.9 Å². The van der Waals surface area contributed by atoms with Crippen molar-refractivity contribution in [3.05, 3.63) is 70.4 Å². The molecule has 0 saturated carbocycles. The molecule has 2 N–H and O–H groups in total. The van der Waals surface area contributed by atoms with Gasteiger partial charge in [0.15, 0.2) is 0 Å². The molecule has 178 valence electrons. The van der Waals surface area contributed by atoms with E-state index in [9.17, 15) is 9.59 Å².